The second-order valence-electron chi connectivity index (χ2n) is 3.47. The first-order valence-electron chi connectivity index (χ1n) is 5.06. The van der Waals surface area contributed by atoms with E-state index in [2.05, 4.69) is 0 Å². The van der Waals surface area contributed by atoms with E-state index in [0.29, 0.717) is 6.42 Å². The Kier molecular flexibility index (Phi) is 6.71. The van der Waals surface area contributed by atoms with E-state index in [9.17, 15) is 18.0 Å². The number of carboxylic acid groups (broad SMARTS) is 1. The normalized spacial score (nSPS) is 11.1. The van der Waals surface area contributed by atoms with Gasteiger partial charge in [0.1, 0.15) is 12.3 Å². The Morgan fingerprint density at radius 1 is 1.25 bits per heavy atom. The van der Waals surface area contributed by atoms with Crippen molar-refractivity contribution in [2.45, 2.75) is 26.2 Å². The zero-order valence-corrected chi connectivity index (χ0v) is 10.0. The van der Waals surface area contributed by atoms with Gasteiger partial charge in [0.25, 0.3) is 0 Å². The summed E-state index contributed by atoms with van der Waals surface area (Å²) in [7, 11) is -3.41. The van der Waals surface area contributed by atoms with Gasteiger partial charge in [-0.2, -0.15) is 0 Å². The number of carbonyl (C=O) groups excluding carboxylic acids is 1. The minimum absolute atomic E-state index is 0.0265. The highest BCUT2D eigenvalue weighted by molar-refractivity contribution is 7.92. The molecule has 0 fully saturated rings. The minimum atomic E-state index is -3.41. The number of aliphatic carboxylic acids is 1. The maximum absolute atomic E-state index is 11.4. The molecule has 0 unspecified atom stereocenters. The summed E-state index contributed by atoms with van der Waals surface area (Å²) in [4.78, 5) is 21.2. The third-order valence-electron chi connectivity index (χ3n) is 1.85. The second kappa shape index (κ2) is 7.21. The molecule has 0 rings (SSSR count). The molecule has 1 amide bonds. The average Bonchev–Trinajstić information content (AvgIpc) is 2.14. The molecule has 0 aromatic carbocycles. The van der Waals surface area contributed by atoms with Gasteiger partial charge in [-0.05, 0) is 6.42 Å². The Morgan fingerprint density at radius 2 is 1.88 bits per heavy atom. The van der Waals surface area contributed by atoms with E-state index in [-0.39, 0.29) is 5.75 Å². The van der Waals surface area contributed by atoms with Crippen LogP contribution in [0.5, 0.6) is 0 Å². The van der Waals surface area contributed by atoms with Crippen molar-refractivity contribution in [2.24, 2.45) is 0 Å². The van der Waals surface area contributed by atoms with Gasteiger partial charge < -0.3 is 10.4 Å². The first-order valence-corrected chi connectivity index (χ1v) is 6.88. The van der Waals surface area contributed by atoms with E-state index in [4.69, 9.17) is 5.11 Å². The van der Waals surface area contributed by atoms with E-state index < -0.39 is 34.0 Å². The SMILES string of the molecule is CCCCCS(=O)(=O)CC(=O)NCC(=O)O. The van der Waals surface area contributed by atoms with Crippen LogP contribution in [-0.2, 0) is 19.4 Å². The van der Waals surface area contributed by atoms with Crippen LogP contribution in [0.1, 0.15) is 26.2 Å². The Morgan fingerprint density at radius 3 is 2.38 bits per heavy atom. The van der Waals surface area contributed by atoms with Crippen molar-refractivity contribution in [3.05, 3.63) is 0 Å². The van der Waals surface area contributed by atoms with Gasteiger partial charge in [-0.1, -0.05) is 19.8 Å². The first-order chi connectivity index (χ1) is 7.37. The van der Waals surface area contributed by atoms with Crippen LogP contribution in [0.4, 0.5) is 0 Å². The van der Waals surface area contributed by atoms with Gasteiger partial charge in [-0.15, -0.1) is 0 Å². The maximum Gasteiger partial charge on any atom is 0.322 e. The van der Waals surface area contributed by atoms with Gasteiger partial charge in [0.05, 0.1) is 5.75 Å². The smallest absolute Gasteiger partial charge is 0.322 e. The van der Waals surface area contributed by atoms with Crippen LogP contribution in [0.15, 0.2) is 0 Å². The Bertz CT molecular complexity index is 336. The number of amides is 1. The lowest BCUT2D eigenvalue weighted by atomic mass is 10.3. The number of carboxylic acids is 1. The molecule has 0 bridgehead atoms. The highest BCUT2D eigenvalue weighted by Crippen LogP contribution is 1.99. The lowest BCUT2D eigenvalue weighted by molar-refractivity contribution is -0.137. The molecule has 0 aliphatic heterocycles. The summed E-state index contributed by atoms with van der Waals surface area (Å²) < 4.78 is 22.7. The number of unbranched alkanes of at least 4 members (excludes halogenated alkanes) is 2. The molecule has 0 aliphatic rings. The largest absolute Gasteiger partial charge is 0.480 e. The van der Waals surface area contributed by atoms with Crippen LogP contribution < -0.4 is 5.32 Å². The molecule has 16 heavy (non-hydrogen) atoms. The van der Waals surface area contributed by atoms with Gasteiger partial charge >= 0.3 is 5.97 Å². The van der Waals surface area contributed by atoms with Crippen LogP contribution in [0, 0.1) is 0 Å². The van der Waals surface area contributed by atoms with E-state index in [1.54, 1.807) is 0 Å². The highest BCUT2D eigenvalue weighted by atomic mass is 32.2. The summed E-state index contributed by atoms with van der Waals surface area (Å²) in [6.07, 6.45) is 2.24. The van der Waals surface area contributed by atoms with Gasteiger partial charge in [-0.3, -0.25) is 9.59 Å². The third kappa shape index (κ3) is 8.22. The number of sulfone groups is 1. The summed E-state index contributed by atoms with van der Waals surface area (Å²) in [5.74, 6) is -2.62. The molecule has 0 saturated heterocycles. The fourth-order valence-electron chi connectivity index (χ4n) is 1.07. The van der Waals surface area contributed by atoms with Gasteiger partial charge in [0, 0.05) is 0 Å². The molecule has 6 nitrogen and oxygen atoms in total. The van der Waals surface area contributed by atoms with Crippen LogP contribution in [0.3, 0.4) is 0 Å². The van der Waals surface area contributed by atoms with Crippen molar-refractivity contribution in [3.63, 3.8) is 0 Å². The van der Waals surface area contributed by atoms with E-state index >= 15 is 0 Å². The third-order valence-corrected chi connectivity index (χ3v) is 3.46. The predicted molar refractivity (Wildman–Crippen MR) is 58.8 cm³/mol. The molecule has 94 valence electrons. The number of nitrogens with one attached hydrogen (secondary N) is 1. The zero-order valence-electron chi connectivity index (χ0n) is 9.23. The molecule has 0 aromatic rings. The topological polar surface area (TPSA) is 101 Å². The highest BCUT2D eigenvalue weighted by Gasteiger charge is 2.16. The fraction of sp³-hybridized carbons (Fsp3) is 0.778. The molecular formula is C9H17NO5S. The van der Waals surface area contributed by atoms with Gasteiger partial charge in [0.15, 0.2) is 9.84 Å². The summed E-state index contributed by atoms with van der Waals surface area (Å²) in [6, 6.07) is 0. The minimum Gasteiger partial charge on any atom is -0.480 e. The van der Waals surface area contributed by atoms with Crippen LogP contribution in [0.2, 0.25) is 0 Å². The zero-order chi connectivity index (χ0) is 12.6. The Balaban J connectivity index is 3.96. The second-order valence-corrected chi connectivity index (χ2v) is 5.65. The Labute approximate surface area is 95.0 Å². The lowest BCUT2D eigenvalue weighted by Gasteiger charge is -2.04. The summed E-state index contributed by atoms with van der Waals surface area (Å²) in [6.45, 7) is 1.40. The fourth-order valence-corrected chi connectivity index (χ4v) is 2.36. The van der Waals surface area contributed by atoms with Gasteiger partial charge in [-0.25, -0.2) is 8.42 Å². The molecule has 0 heterocycles. The van der Waals surface area contributed by atoms with Crippen LogP contribution >= 0.6 is 0 Å². The maximum atomic E-state index is 11.4. The van der Waals surface area contributed by atoms with Gasteiger partial charge in [0.2, 0.25) is 5.91 Å². The number of hydrogen-bond donors (Lipinski definition) is 2. The van der Waals surface area contributed by atoms with Crippen molar-refractivity contribution in [2.75, 3.05) is 18.1 Å². The standard InChI is InChI=1S/C9H17NO5S/c1-2-3-4-5-16(14,15)7-8(11)10-6-9(12)13/h2-7H2,1H3,(H,10,11)(H,12,13). The molecule has 0 atom stereocenters. The predicted octanol–water partition coefficient (Wildman–Crippen LogP) is -0.208. The molecule has 0 aliphatic carbocycles. The van der Waals surface area contributed by atoms with E-state index in [0.717, 1.165) is 12.8 Å². The quantitative estimate of drug-likeness (QED) is 0.581. The molecule has 0 saturated carbocycles. The molecule has 0 aromatic heterocycles. The number of rotatable bonds is 8. The molecule has 0 spiro atoms. The van der Waals surface area contributed by atoms with E-state index in [1.807, 2.05) is 12.2 Å². The van der Waals surface area contributed by atoms with Crippen LogP contribution in [0.25, 0.3) is 0 Å². The van der Waals surface area contributed by atoms with Crippen molar-refractivity contribution >= 4 is 21.7 Å². The molecular weight excluding hydrogens is 234 g/mol. The lowest BCUT2D eigenvalue weighted by Crippen LogP contribution is -2.34. The van der Waals surface area contributed by atoms with Crippen LogP contribution in [-0.4, -0.2) is 43.5 Å². The number of hydrogen-bond acceptors (Lipinski definition) is 4. The van der Waals surface area contributed by atoms with Crippen molar-refractivity contribution in [1.29, 1.82) is 0 Å². The first kappa shape index (κ1) is 14.9. The molecule has 7 heteroatoms. The summed E-state index contributed by atoms with van der Waals surface area (Å²) in [5, 5.41) is 10.3. The van der Waals surface area contributed by atoms with Crippen molar-refractivity contribution in [1.82, 2.24) is 5.32 Å². The summed E-state index contributed by atoms with van der Waals surface area (Å²) in [5.41, 5.74) is 0. The monoisotopic (exact) mass is 251 g/mol. The Hall–Kier alpha value is -1.11. The summed E-state index contributed by atoms with van der Waals surface area (Å²) >= 11 is 0. The molecule has 2 N–H and O–H groups in total. The van der Waals surface area contributed by atoms with E-state index in [1.165, 1.54) is 0 Å². The molecule has 0 radical (unpaired) electrons. The van der Waals surface area contributed by atoms with Crippen molar-refractivity contribution < 1.29 is 23.1 Å². The average molecular weight is 251 g/mol. The van der Waals surface area contributed by atoms with Crippen molar-refractivity contribution in [3.8, 4) is 0 Å². The number of carbonyl (C=O) groups is 2.